The predicted octanol–water partition coefficient (Wildman–Crippen LogP) is 5.44. The number of sulfone groups is 1. The van der Waals surface area contributed by atoms with E-state index in [2.05, 4.69) is 10.3 Å². The van der Waals surface area contributed by atoms with Crippen molar-refractivity contribution in [1.82, 2.24) is 4.98 Å². The van der Waals surface area contributed by atoms with Crippen LogP contribution in [0.25, 0.3) is 11.5 Å². The van der Waals surface area contributed by atoms with Gasteiger partial charge in [-0.1, -0.05) is 43.3 Å². The third kappa shape index (κ3) is 5.04. The summed E-state index contributed by atoms with van der Waals surface area (Å²) in [6.45, 7) is 3.73. The highest BCUT2D eigenvalue weighted by Crippen LogP contribution is 2.25. The summed E-state index contributed by atoms with van der Waals surface area (Å²) < 4.78 is 31.1. The summed E-state index contributed by atoms with van der Waals surface area (Å²) in [5.74, 6) is 0.307. The van der Waals surface area contributed by atoms with Crippen LogP contribution in [-0.2, 0) is 22.0 Å². The molecular weight excluding hydrogens is 436 g/mol. The van der Waals surface area contributed by atoms with Gasteiger partial charge >= 0.3 is 0 Å². The van der Waals surface area contributed by atoms with Crippen molar-refractivity contribution in [3.05, 3.63) is 101 Å². The van der Waals surface area contributed by atoms with E-state index in [0.29, 0.717) is 28.5 Å². The second-order valence-corrected chi connectivity index (χ2v) is 9.63. The number of aryl methyl sites for hydroxylation is 2. The Morgan fingerprint density at radius 1 is 0.939 bits per heavy atom. The van der Waals surface area contributed by atoms with Crippen LogP contribution in [0, 0.1) is 6.92 Å². The number of anilines is 1. The maximum absolute atomic E-state index is 12.7. The molecule has 0 spiro atoms. The minimum Gasteiger partial charge on any atom is -0.441 e. The van der Waals surface area contributed by atoms with E-state index in [1.807, 2.05) is 31.2 Å². The summed E-state index contributed by atoms with van der Waals surface area (Å²) in [6, 6.07) is 22.8. The van der Waals surface area contributed by atoms with Gasteiger partial charge < -0.3 is 9.73 Å². The molecule has 1 amide bonds. The SMILES string of the molecule is CCc1ccccc1NC(=O)c1ccc(-c2nc(CS(=O)(=O)c3ccccc3)c(C)o2)cc1. The second-order valence-electron chi connectivity index (χ2n) is 7.64. The standard InChI is InChI=1S/C26H24N2O4S/c1-3-19-9-7-8-12-23(19)27-25(29)20-13-15-21(16-14-20)26-28-24(18(2)32-26)17-33(30,31)22-10-5-4-6-11-22/h4-16H,3,17H2,1-2H3,(H,27,29). The average molecular weight is 461 g/mol. The van der Waals surface area contributed by atoms with Crippen molar-refractivity contribution in [2.75, 3.05) is 5.32 Å². The fraction of sp³-hybridized carbons (Fsp3) is 0.154. The Hall–Kier alpha value is -3.71. The van der Waals surface area contributed by atoms with E-state index in [9.17, 15) is 13.2 Å². The molecule has 0 saturated carbocycles. The molecule has 0 atom stereocenters. The summed E-state index contributed by atoms with van der Waals surface area (Å²) in [7, 11) is -3.53. The lowest BCUT2D eigenvalue weighted by atomic mass is 10.1. The molecule has 0 radical (unpaired) electrons. The van der Waals surface area contributed by atoms with E-state index >= 15 is 0 Å². The first-order chi connectivity index (χ1) is 15.9. The van der Waals surface area contributed by atoms with Crippen LogP contribution >= 0.6 is 0 Å². The molecule has 0 saturated heterocycles. The maximum Gasteiger partial charge on any atom is 0.255 e. The van der Waals surface area contributed by atoms with Crippen molar-refractivity contribution in [2.24, 2.45) is 0 Å². The molecule has 1 N–H and O–H groups in total. The zero-order valence-corrected chi connectivity index (χ0v) is 19.2. The largest absolute Gasteiger partial charge is 0.441 e. The van der Waals surface area contributed by atoms with Gasteiger partial charge in [0.2, 0.25) is 5.89 Å². The average Bonchev–Trinajstić information content (AvgIpc) is 3.19. The summed E-state index contributed by atoms with van der Waals surface area (Å²) >= 11 is 0. The zero-order valence-electron chi connectivity index (χ0n) is 18.4. The Balaban J connectivity index is 1.51. The molecule has 3 aromatic carbocycles. The molecular formula is C26H24N2O4S. The topological polar surface area (TPSA) is 89.3 Å². The number of hydrogen-bond donors (Lipinski definition) is 1. The minimum atomic E-state index is -3.53. The van der Waals surface area contributed by atoms with Gasteiger partial charge in [0, 0.05) is 16.8 Å². The molecule has 1 aromatic heterocycles. The van der Waals surface area contributed by atoms with Gasteiger partial charge in [-0.15, -0.1) is 0 Å². The molecule has 0 bridgehead atoms. The Morgan fingerprint density at radius 2 is 1.61 bits per heavy atom. The van der Waals surface area contributed by atoms with Crippen molar-refractivity contribution < 1.29 is 17.6 Å². The third-order valence-electron chi connectivity index (χ3n) is 5.36. The monoisotopic (exact) mass is 460 g/mol. The molecule has 6 nitrogen and oxygen atoms in total. The summed E-state index contributed by atoms with van der Waals surface area (Å²) in [5, 5.41) is 2.95. The molecule has 33 heavy (non-hydrogen) atoms. The maximum atomic E-state index is 12.7. The van der Waals surface area contributed by atoms with Gasteiger partial charge in [-0.25, -0.2) is 13.4 Å². The van der Waals surface area contributed by atoms with Gasteiger partial charge in [-0.3, -0.25) is 4.79 Å². The quantitative estimate of drug-likeness (QED) is 0.397. The first kappa shape index (κ1) is 22.5. The van der Waals surface area contributed by atoms with Gasteiger partial charge in [0.15, 0.2) is 9.84 Å². The number of benzene rings is 3. The van der Waals surface area contributed by atoms with E-state index in [1.54, 1.807) is 61.5 Å². The van der Waals surface area contributed by atoms with Crippen molar-refractivity contribution in [3.8, 4) is 11.5 Å². The van der Waals surface area contributed by atoms with E-state index in [-0.39, 0.29) is 16.6 Å². The third-order valence-corrected chi connectivity index (χ3v) is 7.01. The number of para-hydroxylation sites is 1. The fourth-order valence-electron chi connectivity index (χ4n) is 3.49. The molecule has 0 aliphatic heterocycles. The van der Waals surface area contributed by atoms with E-state index in [4.69, 9.17) is 4.42 Å². The number of carbonyl (C=O) groups is 1. The lowest BCUT2D eigenvalue weighted by Gasteiger charge is -2.09. The molecule has 0 unspecified atom stereocenters. The summed E-state index contributed by atoms with van der Waals surface area (Å²) in [4.78, 5) is 17.3. The second kappa shape index (κ2) is 9.42. The van der Waals surface area contributed by atoms with Crippen LogP contribution in [0.15, 0.2) is 88.2 Å². The molecule has 4 rings (SSSR count). The van der Waals surface area contributed by atoms with Crippen molar-refractivity contribution in [1.29, 1.82) is 0 Å². The normalized spacial score (nSPS) is 11.3. The Morgan fingerprint density at radius 3 is 2.30 bits per heavy atom. The lowest BCUT2D eigenvalue weighted by molar-refractivity contribution is 0.102. The first-order valence-electron chi connectivity index (χ1n) is 10.6. The Labute approximate surface area is 193 Å². The van der Waals surface area contributed by atoms with Crippen LogP contribution in [0.1, 0.15) is 34.3 Å². The molecule has 0 fully saturated rings. The van der Waals surface area contributed by atoms with Crippen LogP contribution in [0.5, 0.6) is 0 Å². The number of rotatable bonds is 7. The lowest BCUT2D eigenvalue weighted by Crippen LogP contribution is -2.13. The highest BCUT2D eigenvalue weighted by molar-refractivity contribution is 7.90. The number of carbonyl (C=O) groups excluding carboxylic acids is 1. The fourth-order valence-corrected chi connectivity index (χ4v) is 4.85. The minimum absolute atomic E-state index is 0.208. The van der Waals surface area contributed by atoms with Gasteiger partial charge in [0.1, 0.15) is 11.5 Å². The van der Waals surface area contributed by atoms with Gasteiger partial charge in [0.05, 0.1) is 10.6 Å². The van der Waals surface area contributed by atoms with Crippen LogP contribution in [-0.4, -0.2) is 19.3 Å². The first-order valence-corrected chi connectivity index (χ1v) is 12.3. The number of amides is 1. The predicted molar refractivity (Wildman–Crippen MR) is 128 cm³/mol. The van der Waals surface area contributed by atoms with Crippen molar-refractivity contribution in [2.45, 2.75) is 30.9 Å². The Kier molecular flexibility index (Phi) is 6.42. The number of nitrogens with zero attached hydrogens (tertiary/aromatic N) is 1. The smallest absolute Gasteiger partial charge is 0.255 e. The van der Waals surface area contributed by atoms with Crippen LogP contribution in [0.3, 0.4) is 0 Å². The van der Waals surface area contributed by atoms with Crippen molar-refractivity contribution >= 4 is 21.4 Å². The van der Waals surface area contributed by atoms with E-state index in [1.165, 1.54) is 0 Å². The van der Waals surface area contributed by atoms with Gasteiger partial charge in [-0.2, -0.15) is 0 Å². The summed E-state index contributed by atoms with van der Waals surface area (Å²) in [6.07, 6.45) is 0.821. The molecule has 0 aliphatic rings. The summed E-state index contributed by atoms with van der Waals surface area (Å²) in [5.41, 5.74) is 3.39. The van der Waals surface area contributed by atoms with E-state index in [0.717, 1.165) is 17.7 Å². The molecule has 1 heterocycles. The number of nitrogens with one attached hydrogen (secondary N) is 1. The molecule has 168 valence electrons. The number of aromatic nitrogens is 1. The van der Waals surface area contributed by atoms with Gasteiger partial charge in [0.25, 0.3) is 5.91 Å². The highest BCUT2D eigenvalue weighted by Gasteiger charge is 2.21. The Bertz CT molecular complexity index is 1380. The number of oxazole rings is 1. The van der Waals surface area contributed by atoms with Crippen LogP contribution in [0.4, 0.5) is 5.69 Å². The molecule has 0 aliphatic carbocycles. The van der Waals surface area contributed by atoms with E-state index < -0.39 is 9.84 Å². The van der Waals surface area contributed by atoms with Gasteiger partial charge in [-0.05, 0) is 61.4 Å². The van der Waals surface area contributed by atoms with Crippen molar-refractivity contribution in [3.63, 3.8) is 0 Å². The number of hydrogen-bond acceptors (Lipinski definition) is 5. The molecule has 7 heteroatoms. The highest BCUT2D eigenvalue weighted by atomic mass is 32.2. The zero-order chi connectivity index (χ0) is 23.4. The van der Waals surface area contributed by atoms with Crippen LogP contribution in [0.2, 0.25) is 0 Å². The van der Waals surface area contributed by atoms with Crippen LogP contribution < -0.4 is 5.32 Å². The molecule has 4 aromatic rings.